The molecule has 1 aliphatic rings. The van der Waals surface area contributed by atoms with E-state index in [0.717, 1.165) is 29.9 Å². The summed E-state index contributed by atoms with van der Waals surface area (Å²) in [6.07, 6.45) is 1.23. The van der Waals surface area contributed by atoms with E-state index in [1.54, 1.807) is 12.1 Å². The van der Waals surface area contributed by atoms with Crippen LogP contribution in [0.4, 0.5) is 11.4 Å². The molecule has 1 aliphatic heterocycles. The van der Waals surface area contributed by atoms with Crippen molar-refractivity contribution in [1.82, 2.24) is 0 Å². The van der Waals surface area contributed by atoms with Crippen LogP contribution in [0.15, 0.2) is 47.4 Å². The number of nitrogens with one attached hydrogen (secondary N) is 1. The number of anilines is 2. The molecule has 0 saturated heterocycles. The lowest BCUT2D eigenvalue weighted by molar-refractivity contribution is 0.602. The Morgan fingerprint density at radius 3 is 2.39 bits per heavy atom. The summed E-state index contributed by atoms with van der Waals surface area (Å²) in [5.41, 5.74) is 4.48. The summed E-state index contributed by atoms with van der Waals surface area (Å²) in [5, 5.41) is 3.51. The van der Waals surface area contributed by atoms with E-state index in [1.165, 1.54) is 11.9 Å². The van der Waals surface area contributed by atoms with E-state index >= 15 is 0 Å². The van der Waals surface area contributed by atoms with Gasteiger partial charge in [-0.3, -0.25) is 0 Å². The van der Waals surface area contributed by atoms with Crippen LogP contribution in [0.2, 0.25) is 0 Å². The molecule has 0 radical (unpaired) electrons. The first-order chi connectivity index (χ1) is 10.9. The van der Waals surface area contributed by atoms with E-state index in [0.29, 0.717) is 10.9 Å². The molecule has 1 atom stereocenters. The molecule has 0 saturated carbocycles. The van der Waals surface area contributed by atoms with Crippen LogP contribution in [0.25, 0.3) is 11.1 Å². The van der Waals surface area contributed by atoms with Gasteiger partial charge in [-0.05, 0) is 49.2 Å². The normalized spacial score (nSPS) is 17.5. The summed E-state index contributed by atoms with van der Waals surface area (Å²) in [7, 11) is -3.15. The third-order valence-corrected chi connectivity index (χ3v) is 5.36. The van der Waals surface area contributed by atoms with E-state index in [9.17, 15) is 8.42 Å². The monoisotopic (exact) mass is 330 g/mol. The Bertz CT molecular complexity index is 813. The maximum Gasteiger partial charge on any atom is 0.175 e. The molecule has 4 nitrogen and oxygen atoms in total. The third kappa shape index (κ3) is 3.20. The van der Waals surface area contributed by atoms with Crippen molar-refractivity contribution in [3.63, 3.8) is 0 Å². The molecule has 1 heterocycles. The van der Waals surface area contributed by atoms with Crippen molar-refractivity contribution in [2.45, 2.75) is 24.8 Å². The first-order valence-electron chi connectivity index (χ1n) is 7.84. The Morgan fingerprint density at radius 2 is 1.78 bits per heavy atom. The lowest BCUT2D eigenvalue weighted by Gasteiger charge is -2.35. The molecule has 23 heavy (non-hydrogen) atoms. The molecule has 0 amide bonds. The second kappa shape index (κ2) is 5.89. The number of rotatable bonds is 3. The summed E-state index contributed by atoms with van der Waals surface area (Å²) >= 11 is 0. The lowest BCUT2D eigenvalue weighted by atomic mass is 10.0. The minimum atomic E-state index is -3.15. The van der Waals surface area contributed by atoms with Crippen molar-refractivity contribution in [3.05, 3.63) is 42.5 Å². The average Bonchev–Trinajstić information content (AvgIpc) is 2.53. The van der Waals surface area contributed by atoms with E-state index in [2.05, 4.69) is 42.3 Å². The summed E-state index contributed by atoms with van der Waals surface area (Å²) in [6.45, 7) is 6.30. The summed E-state index contributed by atoms with van der Waals surface area (Å²) in [4.78, 5) is 2.72. The highest BCUT2D eigenvalue weighted by molar-refractivity contribution is 7.90. The maximum absolute atomic E-state index is 11.6. The van der Waals surface area contributed by atoms with Gasteiger partial charge in [-0.1, -0.05) is 18.2 Å². The third-order valence-electron chi connectivity index (χ3n) is 4.23. The Balaban J connectivity index is 1.99. The molecule has 1 N–H and O–H groups in total. The predicted molar refractivity (Wildman–Crippen MR) is 96.0 cm³/mol. The van der Waals surface area contributed by atoms with Gasteiger partial charge in [0.25, 0.3) is 0 Å². The van der Waals surface area contributed by atoms with E-state index in [1.807, 2.05) is 12.1 Å². The minimum absolute atomic E-state index is 0.352. The van der Waals surface area contributed by atoms with Crippen LogP contribution < -0.4 is 10.2 Å². The van der Waals surface area contributed by atoms with Gasteiger partial charge in [-0.15, -0.1) is 0 Å². The number of nitrogens with zero attached hydrogens (tertiary/aromatic N) is 1. The zero-order chi connectivity index (χ0) is 16.6. The van der Waals surface area contributed by atoms with Gasteiger partial charge < -0.3 is 10.2 Å². The standard InChI is InChI=1S/C18H22N2O2S/c1-4-20-12-13(2)19-17-10-7-15(11-18(17)20)14-5-8-16(9-6-14)23(3,21)22/h5-11,13,19H,4,12H2,1-3H3. The number of fused-ring (bicyclic) bond motifs is 1. The zero-order valence-corrected chi connectivity index (χ0v) is 14.5. The molecular formula is C18H22N2O2S. The van der Waals surface area contributed by atoms with Gasteiger partial charge in [0, 0.05) is 25.4 Å². The number of hydrogen-bond donors (Lipinski definition) is 1. The summed E-state index contributed by atoms with van der Waals surface area (Å²) in [5.74, 6) is 0. The highest BCUT2D eigenvalue weighted by Crippen LogP contribution is 2.35. The van der Waals surface area contributed by atoms with Crippen LogP contribution in [0.1, 0.15) is 13.8 Å². The fourth-order valence-electron chi connectivity index (χ4n) is 3.03. The van der Waals surface area contributed by atoms with Crippen molar-refractivity contribution in [3.8, 4) is 11.1 Å². The first kappa shape index (κ1) is 15.9. The van der Waals surface area contributed by atoms with Gasteiger partial charge in [-0.2, -0.15) is 0 Å². The molecule has 1 unspecified atom stereocenters. The summed E-state index contributed by atoms with van der Waals surface area (Å²) in [6, 6.07) is 13.9. The van der Waals surface area contributed by atoms with Crippen LogP contribution in [-0.2, 0) is 9.84 Å². The molecule has 5 heteroatoms. The smallest absolute Gasteiger partial charge is 0.175 e. The topological polar surface area (TPSA) is 49.4 Å². The van der Waals surface area contributed by atoms with E-state index in [4.69, 9.17) is 0 Å². The van der Waals surface area contributed by atoms with Crippen LogP contribution in [0.5, 0.6) is 0 Å². The highest BCUT2D eigenvalue weighted by Gasteiger charge is 2.20. The second-order valence-corrected chi connectivity index (χ2v) is 8.13. The number of hydrogen-bond acceptors (Lipinski definition) is 4. The number of sulfone groups is 1. The van der Waals surface area contributed by atoms with Crippen molar-refractivity contribution < 1.29 is 8.42 Å². The molecular weight excluding hydrogens is 308 g/mol. The van der Waals surface area contributed by atoms with Crippen molar-refractivity contribution in [2.75, 3.05) is 29.6 Å². The molecule has 3 rings (SSSR count). The Kier molecular flexibility index (Phi) is 4.06. The predicted octanol–water partition coefficient (Wildman–Crippen LogP) is 3.40. The quantitative estimate of drug-likeness (QED) is 0.937. The van der Waals surface area contributed by atoms with Gasteiger partial charge in [0.2, 0.25) is 0 Å². The van der Waals surface area contributed by atoms with Crippen molar-refractivity contribution in [1.29, 1.82) is 0 Å². The van der Waals surface area contributed by atoms with Crippen molar-refractivity contribution in [2.24, 2.45) is 0 Å². The van der Waals surface area contributed by atoms with Gasteiger partial charge in [0.05, 0.1) is 16.3 Å². The van der Waals surface area contributed by atoms with Crippen molar-refractivity contribution >= 4 is 21.2 Å². The lowest BCUT2D eigenvalue weighted by Crippen LogP contribution is -2.39. The fraction of sp³-hybridized carbons (Fsp3) is 0.333. The SMILES string of the molecule is CCN1CC(C)Nc2ccc(-c3ccc(S(C)(=O)=O)cc3)cc21. The molecule has 0 fully saturated rings. The minimum Gasteiger partial charge on any atom is -0.379 e. The second-order valence-electron chi connectivity index (χ2n) is 6.11. The molecule has 0 bridgehead atoms. The Hall–Kier alpha value is -2.01. The largest absolute Gasteiger partial charge is 0.379 e. The van der Waals surface area contributed by atoms with Crippen LogP contribution in [-0.4, -0.2) is 33.8 Å². The van der Waals surface area contributed by atoms with Gasteiger partial charge in [0.1, 0.15) is 0 Å². The summed E-state index contributed by atoms with van der Waals surface area (Å²) < 4.78 is 23.1. The van der Waals surface area contributed by atoms with Gasteiger partial charge in [0.15, 0.2) is 9.84 Å². The van der Waals surface area contributed by atoms with Crippen LogP contribution >= 0.6 is 0 Å². The number of benzene rings is 2. The van der Waals surface area contributed by atoms with Crippen LogP contribution in [0, 0.1) is 0 Å². The molecule has 2 aromatic carbocycles. The molecule has 122 valence electrons. The molecule has 0 spiro atoms. The zero-order valence-electron chi connectivity index (χ0n) is 13.7. The van der Waals surface area contributed by atoms with Gasteiger partial charge >= 0.3 is 0 Å². The fourth-order valence-corrected chi connectivity index (χ4v) is 3.66. The van der Waals surface area contributed by atoms with Gasteiger partial charge in [-0.25, -0.2) is 8.42 Å². The van der Waals surface area contributed by atoms with E-state index in [-0.39, 0.29) is 0 Å². The molecule has 0 aliphatic carbocycles. The molecule has 0 aromatic heterocycles. The highest BCUT2D eigenvalue weighted by atomic mass is 32.2. The molecule has 2 aromatic rings. The number of likely N-dealkylation sites (N-methyl/N-ethyl adjacent to an activating group) is 1. The van der Waals surface area contributed by atoms with E-state index < -0.39 is 9.84 Å². The Morgan fingerprint density at radius 1 is 1.13 bits per heavy atom. The van der Waals surface area contributed by atoms with Crippen LogP contribution in [0.3, 0.4) is 0 Å². The average molecular weight is 330 g/mol. The first-order valence-corrected chi connectivity index (χ1v) is 9.73. The Labute approximate surface area is 138 Å². The maximum atomic E-state index is 11.6.